The number of hydrogen-bond donors (Lipinski definition) is 1. The highest BCUT2D eigenvalue weighted by Crippen LogP contribution is 2.26. The minimum atomic E-state index is -0.475. The fourth-order valence-electron chi connectivity index (χ4n) is 1.32. The molecule has 1 aromatic carbocycles. The Balaban J connectivity index is 2.05. The van der Waals surface area contributed by atoms with Crippen LogP contribution in [0.4, 0.5) is 0 Å². The first-order chi connectivity index (χ1) is 8.16. The van der Waals surface area contributed by atoms with Crippen molar-refractivity contribution in [2.24, 2.45) is 5.73 Å². The molecule has 0 aliphatic carbocycles. The number of benzene rings is 1. The normalized spacial score (nSPS) is 10.2. The zero-order valence-electron chi connectivity index (χ0n) is 8.85. The van der Waals surface area contributed by atoms with E-state index >= 15 is 0 Å². The number of thiophene rings is 1. The van der Waals surface area contributed by atoms with E-state index < -0.39 is 5.91 Å². The van der Waals surface area contributed by atoms with E-state index in [1.165, 1.54) is 11.3 Å². The van der Waals surface area contributed by atoms with E-state index in [9.17, 15) is 4.79 Å². The van der Waals surface area contributed by atoms with E-state index in [-0.39, 0.29) is 0 Å². The maximum absolute atomic E-state index is 11.1. The molecule has 0 fully saturated rings. The van der Waals surface area contributed by atoms with E-state index in [1.54, 1.807) is 23.6 Å². The van der Waals surface area contributed by atoms with Crippen LogP contribution >= 0.6 is 22.9 Å². The van der Waals surface area contributed by atoms with Crippen LogP contribution in [0.25, 0.3) is 0 Å². The number of hydrogen-bond acceptors (Lipinski definition) is 3. The lowest BCUT2D eigenvalue weighted by Gasteiger charge is -2.05. The third-order valence-electron chi connectivity index (χ3n) is 2.18. The summed E-state index contributed by atoms with van der Waals surface area (Å²) in [7, 11) is 0. The minimum Gasteiger partial charge on any atom is -0.478 e. The summed E-state index contributed by atoms with van der Waals surface area (Å²) in [6.45, 7) is 0.387. The van der Waals surface area contributed by atoms with Gasteiger partial charge in [-0.25, -0.2) is 0 Å². The molecule has 0 aliphatic rings. The number of nitrogens with two attached hydrogens (primary N) is 1. The highest BCUT2D eigenvalue weighted by Gasteiger charge is 2.10. The molecule has 17 heavy (non-hydrogen) atoms. The molecule has 88 valence electrons. The number of rotatable bonds is 4. The van der Waals surface area contributed by atoms with Crippen LogP contribution in [0.1, 0.15) is 15.9 Å². The average Bonchev–Trinajstić information content (AvgIpc) is 2.76. The van der Waals surface area contributed by atoms with E-state index in [1.807, 2.05) is 12.1 Å². The molecule has 1 aromatic heterocycles. The Morgan fingerprint density at radius 3 is 2.65 bits per heavy atom. The van der Waals surface area contributed by atoms with Crippen molar-refractivity contribution < 1.29 is 9.53 Å². The summed E-state index contributed by atoms with van der Waals surface area (Å²) in [5.41, 5.74) is 6.62. The van der Waals surface area contributed by atoms with Crippen LogP contribution in [-0.2, 0) is 6.61 Å². The maximum Gasteiger partial charge on any atom is 0.253 e. The summed E-state index contributed by atoms with van der Waals surface area (Å²) in [6.07, 6.45) is 0. The van der Waals surface area contributed by atoms with Crippen LogP contribution in [0.5, 0.6) is 5.06 Å². The van der Waals surface area contributed by atoms with Crippen molar-refractivity contribution in [3.05, 3.63) is 51.9 Å². The number of primary amides is 1. The third-order valence-corrected chi connectivity index (χ3v) is 3.25. The Kier molecular flexibility index (Phi) is 3.66. The van der Waals surface area contributed by atoms with Gasteiger partial charge in [0.15, 0.2) is 5.06 Å². The molecule has 0 spiro atoms. The number of carbonyl (C=O) groups excluding carboxylic acids is 1. The van der Waals surface area contributed by atoms with Crippen molar-refractivity contribution in [3.63, 3.8) is 0 Å². The van der Waals surface area contributed by atoms with Gasteiger partial charge in [0.2, 0.25) is 0 Å². The van der Waals surface area contributed by atoms with E-state index in [4.69, 9.17) is 22.1 Å². The predicted molar refractivity (Wildman–Crippen MR) is 68.6 cm³/mol. The molecule has 0 saturated carbocycles. The molecule has 1 amide bonds. The first-order valence-corrected chi connectivity index (χ1v) is 6.17. The third kappa shape index (κ3) is 2.99. The Bertz CT molecular complexity index is 522. The summed E-state index contributed by atoms with van der Waals surface area (Å²) >= 11 is 7.13. The van der Waals surface area contributed by atoms with Gasteiger partial charge >= 0.3 is 0 Å². The molecular weight excluding hydrogens is 258 g/mol. The van der Waals surface area contributed by atoms with Crippen LogP contribution in [0.2, 0.25) is 5.02 Å². The topological polar surface area (TPSA) is 52.3 Å². The highest BCUT2D eigenvalue weighted by molar-refractivity contribution is 7.12. The van der Waals surface area contributed by atoms with Gasteiger partial charge in [-0.05, 0) is 29.1 Å². The van der Waals surface area contributed by atoms with Gasteiger partial charge in [0.05, 0.1) is 5.56 Å². The van der Waals surface area contributed by atoms with Gasteiger partial charge < -0.3 is 10.5 Å². The molecule has 3 nitrogen and oxygen atoms in total. The first-order valence-electron chi connectivity index (χ1n) is 4.91. The maximum atomic E-state index is 11.1. The van der Waals surface area contributed by atoms with Crippen LogP contribution in [0.15, 0.2) is 35.7 Å². The zero-order chi connectivity index (χ0) is 12.3. The van der Waals surface area contributed by atoms with Gasteiger partial charge in [0.25, 0.3) is 5.91 Å². The van der Waals surface area contributed by atoms with Gasteiger partial charge in [-0.15, -0.1) is 11.3 Å². The largest absolute Gasteiger partial charge is 0.478 e. The number of halogens is 1. The Hall–Kier alpha value is -1.52. The highest BCUT2D eigenvalue weighted by atomic mass is 35.5. The molecular formula is C12H10ClNO2S. The van der Waals surface area contributed by atoms with Crippen molar-refractivity contribution >= 4 is 28.8 Å². The lowest BCUT2D eigenvalue weighted by Crippen LogP contribution is -2.11. The van der Waals surface area contributed by atoms with Crippen molar-refractivity contribution in [3.8, 4) is 5.06 Å². The summed E-state index contributed by atoms with van der Waals surface area (Å²) in [4.78, 5) is 11.1. The van der Waals surface area contributed by atoms with Gasteiger partial charge in [0, 0.05) is 5.02 Å². The van der Waals surface area contributed by atoms with Crippen LogP contribution in [0.3, 0.4) is 0 Å². The van der Waals surface area contributed by atoms with Crippen molar-refractivity contribution in [2.75, 3.05) is 0 Å². The van der Waals surface area contributed by atoms with Gasteiger partial charge in [0.1, 0.15) is 6.61 Å². The molecule has 2 rings (SSSR count). The molecule has 1 heterocycles. The minimum absolute atomic E-state index is 0.387. The van der Waals surface area contributed by atoms with Crippen molar-refractivity contribution in [2.45, 2.75) is 6.61 Å². The SMILES string of the molecule is NC(=O)c1ccsc1OCc1ccc(Cl)cc1. The second-order valence-electron chi connectivity index (χ2n) is 3.40. The fraction of sp³-hybridized carbons (Fsp3) is 0.0833. The Morgan fingerprint density at radius 2 is 2.00 bits per heavy atom. The second-order valence-corrected chi connectivity index (χ2v) is 4.72. The van der Waals surface area contributed by atoms with Crippen LogP contribution in [0, 0.1) is 0 Å². The summed E-state index contributed by atoms with van der Waals surface area (Å²) in [5, 5.41) is 3.01. The molecule has 5 heteroatoms. The Morgan fingerprint density at radius 1 is 1.29 bits per heavy atom. The van der Waals surface area contributed by atoms with E-state index in [2.05, 4.69) is 0 Å². The molecule has 0 saturated heterocycles. The van der Waals surface area contributed by atoms with Gasteiger partial charge in [-0.1, -0.05) is 23.7 Å². The summed E-state index contributed by atoms with van der Waals surface area (Å²) in [5.74, 6) is -0.475. The van der Waals surface area contributed by atoms with E-state index in [0.29, 0.717) is 22.3 Å². The first kappa shape index (κ1) is 12.0. The molecule has 2 N–H and O–H groups in total. The number of amides is 1. The molecule has 0 bridgehead atoms. The molecule has 0 atom stereocenters. The molecule has 0 unspecified atom stereocenters. The lowest BCUT2D eigenvalue weighted by atomic mass is 10.2. The molecule has 0 radical (unpaired) electrons. The summed E-state index contributed by atoms with van der Waals surface area (Å²) in [6, 6.07) is 9.00. The fourth-order valence-corrected chi connectivity index (χ4v) is 2.20. The number of ether oxygens (including phenoxy) is 1. The summed E-state index contributed by atoms with van der Waals surface area (Å²) < 4.78 is 5.54. The molecule has 2 aromatic rings. The van der Waals surface area contributed by atoms with E-state index in [0.717, 1.165) is 5.56 Å². The lowest BCUT2D eigenvalue weighted by molar-refractivity contribution is 0.0997. The monoisotopic (exact) mass is 267 g/mol. The quantitative estimate of drug-likeness (QED) is 0.925. The van der Waals surface area contributed by atoms with Crippen LogP contribution < -0.4 is 10.5 Å². The standard InChI is InChI=1S/C12H10ClNO2S/c13-9-3-1-8(2-4-9)7-16-12-10(11(14)15)5-6-17-12/h1-6H,7H2,(H2,14,15). The van der Waals surface area contributed by atoms with Gasteiger partial charge in [-0.2, -0.15) is 0 Å². The number of carbonyl (C=O) groups is 1. The van der Waals surface area contributed by atoms with Gasteiger partial charge in [-0.3, -0.25) is 4.79 Å². The smallest absolute Gasteiger partial charge is 0.253 e. The average molecular weight is 268 g/mol. The Labute approximate surface area is 108 Å². The van der Waals surface area contributed by atoms with Crippen molar-refractivity contribution in [1.29, 1.82) is 0 Å². The second kappa shape index (κ2) is 5.21. The predicted octanol–water partition coefficient (Wildman–Crippen LogP) is 3.08. The van der Waals surface area contributed by atoms with Crippen molar-refractivity contribution in [1.82, 2.24) is 0 Å². The molecule has 0 aliphatic heterocycles. The van der Waals surface area contributed by atoms with Crippen LogP contribution in [-0.4, -0.2) is 5.91 Å². The zero-order valence-corrected chi connectivity index (χ0v) is 10.4.